The number of rotatable bonds is 9. The minimum atomic E-state index is -0.811. The molecule has 2 heterocycles. The maximum atomic E-state index is 13.4. The van der Waals surface area contributed by atoms with Crippen molar-refractivity contribution in [2.75, 3.05) is 12.8 Å². The van der Waals surface area contributed by atoms with Gasteiger partial charge in [-0.05, 0) is 41.1 Å². The summed E-state index contributed by atoms with van der Waals surface area (Å²) in [5, 5.41) is 10.7. The van der Waals surface area contributed by atoms with Crippen LogP contribution in [-0.2, 0) is 22.4 Å². The first-order valence-electron chi connectivity index (χ1n) is 11.0. The van der Waals surface area contributed by atoms with E-state index in [0.717, 1.165) is 26.7 Å². The van der Waals surface area contributed by atoms with Crippen molar-refractivity contribution in [1.82, 2.24) is 15.6 Å². The van der Waals surface area contributed by atoms with Gasteiger partial charge in [0, 0.05) is 17.5 Å². The first-order valence-corrected chi connectivity index (χ1v) is 12.8. The fraction of sp³-hybridized carbons (Fsp3) is 0.192. The van der Waals surface area contributed by atoms with Crippen molar-refractivity contribution >= 4 is 40.4 Å². The van der Waals surface area contributed by atoms with Crippen molar-refractivity contribution < 1.29 is 14.3 Å². The van der Waals surface area contributed by atoms with E-state index >= 15 is 0 Å². The van der Waals surface area contributed by atoms with Crippen LogP contribution >= 0.6 is 22.7 Å². The number of ether oxygens (including phenoxy) is 1. The molecule has 0 fully saturated rings. The number of nitrogens with zero attached hydrogens (tertiary/aromatic N) is 1. The van der Waals surface area contributed by atoms with Gasteiger partial charge in [0.05, 0.1) is 23.7 Å². The van der Waals surface area contributed by atoms with Crippen molar-refractivity contribution in [2.45, 2.75) is 24.9 Å². The third-order valence-corrected chi connectivity index (χ3v) is 7.32. The Morgan fingerprint density at radius 3 is 2.37 bits per heavy atom. The van der Waals surface area contributed by atoms with Gasteiger partial charge >= 0.3 is 6.09 Å². The van der Waals surface area contributed by atoms with Gasteiger partial charge in [-0.3, -0.25) is 4.79 Å². The van der Waals surface area contributed by atoms with Crippen LogP contribution in [0.25, 0.3) is 9.88 Å². The Morgan fingerprint density at radius 1 is 0.943 bits per heavy atom. The molecule has 0 saturated carbocycles. The van der Waals surface area contributed by atoms with E-state index in [1.165, 1.54) is 18.4 Å². The summed E-state index contributed by atoms with van der Waals surface area (Å²) < 4.78 is 4.76. The number of benzene rings is 2. The zero-order chi connectivity index (χ0) is 24.6. The fourth-order valence-corrected chi connectivity index (χ4v) is 5.30. The molecular formula is C26H26N4O3S2. The van der Waals surface area contributed by atoms with E-state index in [2.05, 4.69) is 10.6 Å². The topological polar surface area (TPSA) is 106 Å². The molecule has 0 aliphatic carbocycles. The van der Waals surface area contributed by atoms with Gasteiger partial charge < -0.3 is 21.1 Å². The average Bonchev–Trinajstić information content (AvgIpc) is 3.57. The molecule has 4 N–H and O–H groups in total. The third kappa shape index (κ3) is 6.68. The number of hydrogen-bond acceptors (Lipinski definition) is 7. The minimum Gasteiger partial charge on any atom is -0.453 e. The van der Waals surface area contributed by atoms with Crippen molar-refractivity contribution in [2.24, 2.45) is 0 Å². The van der Waals surface area contributed by atoms with E-state index in [1.807, 2.05) is 77.5 Å². The van der Waals surface area contributed by atoms with Crippen LogP contribution in [0.1, 0.15) is 22.9 Å². The number of hydrogen-bond donors (Lipinski definition) is 3. The number of nitrogens with one attached hydrogen (secondary N) is 2. The second-order valence-corrected chi connectivity index (χ2v) is 9.75. The van der Waals surface area contributed by atoms with Gasteiger partial charge in [-0.2, -0.15) is 0 Å². The molecule has 4 aromatic rings. The highest BCUT2D eigenvalue weighted by molar-refractivity contribution is 7.20. The molecule has 35 heavy (non-hydrogen) atoms. The van der Waals surface area contributed by atoms with Gasteiger partial charge in [-0.15, -0.1) is 22.7 Å². The minimum absolute atomic E-state index is 0.314. The number of alkyl carbamates (subject to hydrolysis) is 1. The lowest BCUT2D eigenvalue weighted by atomic mass is 10.0. The number of methoxy groups -OCH3 is 1. The van der Waals surface area contributed by atoms with Crippen LogP contribution in [0.4, 0.5) is 10.5 Å². The quantitative estimate of drug-likeness (QED) is 0.282. The molecule has 0 saturated heterocycles. The summed E-state index contributed by atoms with van der Waals surface area (Å²) in [4.78, 5) is 31.3. The molecule has 2 aromatic carbocycles. The Balaban J connectivity index is 1.59. The number of aromatic nitrogens is 1. The van der Waals surface area contributed by atoms with Crippen molar-refractivity contribution in [3.05, 3.63) is 94.3 Å². The highest BCUT2D eigenvalue weighted by atomic mass is 32.1. The summed E-state index contributed by atoms with van der Waals surface area (Å²) in [6.07, 6.45) is 0.189. The van der Waals surface area contributed by atoms with E-state index in [9.17, 15) is 9.59 Å². The molecule has 2 atom stereocenters. The van der Waals surface area contributed by atoms with E-state index in [1.54, 1.807) is 11.3 Å². The molecule has 7 nitrogen and oxygen atoms in total. The SMILES string of the molecule is COC(=O)N[C@@H](Cc1ccccc1)C(=O)NC(Cc1ccc(N)cc1)c1csc(-c2cccs2)n1. The summed E-state index contributed by atoms with van der Waals surface area (Å²) in [5.74, 6) is -0.314. The van der Waals surface area contributed by atoms with Crippen molar-refractivity contribution in [3.8, 4) is 9.88 Å². The van der Waals surface area contributed by atoms with E-state index in [0.29, 0.717) is 18.5 Å². The largest absolute Gasteiger partial charge is 0.453 e. The number of carbonyl (C=O) groups is 2. The lowest BCUT2D eigenvalue weighted by Gasteiger charge is -2.23. The molecule has 0 bridgehead atoms. The van der Waals surface area contributed by atoms with Gasteiger partial charge in [0.1, 0.15) is 11.0 Å². The van der Waals surface area contributed by atoms with Gasteiger partial charge in [-0.1, -0.05) is 48.5 Å². The molecule has 4 rings (SSSR count). The van der Waals surface area contributed by atoms with Crippen LogP contribution in [0.15, 0.2) is 77.5 Å². The van der Waals surface area contributed by atoms with Gasteiger partial charge in [-0.25, -0.2) is 9.78 Å². The second kappa shape index (κ2) is 11.6. The van der Waals surface area contributed by atoms with Crippen LogP contribution in [-0.4, -0.2) is 30.1 Å². The van der Waals surface area contributed by atoms with Gasteiger partial charge in [0.15, 0.2) is 0 Å². The molecule has 180 valence electrons. The molecule has 2 aromatic heterocycles. The first-order chi connectivity index (χ1) is 17.0. The predicted octanol–water partition coefficient (Wildman–Crippen LogP) is 4.82. The Labute approximate surface area is 212 Å². The monoisotopic (exact) mass is 506 g/mol. The van der Waals surface area contributed by atoms with Crippen LogP contribution < -0.4 is 16.4 Å². The van der Waals surface area contributed by atoms with Crippen LogP contribution in [0.2, 0.25) is 0 Å². The number of amides is 2. The molecule has 0 aliphatic rings. The number of thiazole rings is 1. The number of nitrogens with two attached hydrogens (primary N) is 1. The summed E-state index contributed by atoms with van der Waals surface area (Å²) in [7, 11) is 1.28. The highest BCUT2D eigenvalue weighted by Gasteiger charge is 2.26. The normalized spacial score (nSPS) is 12.5. The van der Waals surface area contributed by atoms with Crippen molar-refractivity contribution in [3.63, 3.8) is 0 Å². The Morgan fingerprint density at radius 2 is 1.69 bits per heavy atom. The van der Waals surface area contributed by atoms with E-state index in [4.69, 9.17) is 15.5 Å². The Kier molecular flexibility index (Phi) is 8.12. The first kappa shape index (κ1) is 24.4. The summed E-state index contributed by atoms with van der Waals surface area (Å²) in [5.41, 5.74) is 9.22. The zero-order valence-electron chi connectivity index (χ0n) is 19.1. The lowest BCUT2D eigenvalue weighted by molar-refractivity contribution is -0.123. The number of carbonyl (C=O) groups excluding carboxylic acids is 2. The average molecular weight is 507 g/mol. The predicted molar refractivity (Wildman–Crippen MR) is 140 cm³/mol. The summed E-state index contributed by atoms with van der Waals surface area (Å²) >= 11 is 3.16. The Hall–Kier alpha value is -3.69. The Bertz CT molecular complexity index is 1240. The van der Waals surface area contributed by atoms with E-state index in [-0.39, 0.29) is 5.91 Å². The molecule has 0 spiro atoms. The number of thiophene rings is 1. The lowest BCUT2D eigenvalue weighted by Crippen LogP contribution is -2.49. The maximum absolute atomic E-state index is 13.4. The van der Waals surface area contributed by atoms with Crippen LogP contribution in [0.5, 0.6) is 0 Å². The summed E-state index contributed by atoms with van der Waals surface area (Å²) in [6, 6.07) is 19.9. The van der Waals surface area contributed by atoms with Crippen molar-refractivity contribution in [1.29, 1.82) is 0 Å². The van der Waals surface area contributed by atoms with E-state index < -0.39 is 18.2 Å². The number of anilines is 1. The maximum Gasteiger partial charge on any atom is 0.407 e. The molecule has 9 heteroatoms. The fourth-order valence-electron chi connectivity index (χ4n) is 3.61. The van der Waals surface area contributed by atoms with Crippen LogP contribution in [0, 0.1) is 0 Å². The second-order valence-electron chi connectivity index (χ2n) is 7.94. The molecule has 0 aliphatic heterocycles. The molecule has 2 amide bonds. The molecule has 1 unspecified atom stereocenters. The standard InChI is InChI=1S/C26H26N4O3S2/c1-33-26(32)30-21(15-17-6-3-2-4-7-17)24(31)28-20(14-18-9-11-19(27)12-10-18)22-16-35-25(29-22)23-8-5-13-34-23/h2-13,16,20-21H,14-15,27H2,1H3,(H,28,31)(H,30,32)/t20?,21-/m0/s1. The van der Waals surface area contributed by atoms with Gasteiger partial charge in [0.25, 0.3) is 0 Å². The van der Waals surface area contributed by atoms with Gasteiger partial charge in [0.2, 0.25) is 5.91 Å². The molecule has 0 radical (unpaired) electrons. The smallest absolute Gasteiger partial charge is 0.407 e. The third-order valence-electron chi connectivity index (χ3n) is 5.42. The molecular weight excluding hydrogens is 480 g/mol. The number of nitrogen functional groups attached to an aromatic ring is 1. The zero-order valence-corrected chi connectivity index (χ0v) is 20.8. The van der Waals surface area contributed by atoms with Crippen LogP contribution in [0.3, 0.4) is 0 Å². The highest BCUT2D eigenvalue weighted by Crippen LogP contribution is 2.30. The summed E-state index contributed by atoms with van der Waals surface area (Å²) in [6.45, 7) is 0.